The number of ether oxygens (including phenoxy) is 1. The molecule has 1 N–H and O–H groups in total. The van der Waals surface area contributed by atoms with Gasteiger partial charge in [0.1, 0.15) is 5.75 Å². The highest BCUT2D eigenvalue weighted by Gasteiger charge is 2.40. The molecule has 2 aliphatic heterocycles. The van der Waals surface area contributed by atoms with Crippen LogP contribution in [0.1, 0.15) is 29.0 Å². The molecule has 8 nitrogen and oxygen atoms in total. The summed E-state index contributed by atoms with van der Waals surface area (Å²) < 4.78 is 34.2. The summed E-state index contributed by atoms with van der Waals surface area (Å²) in [6.45, 7) is 9.51. The Kier molecular flexibility index (Phi) is 7.68. The molecular formula is C26H36N4O4S. The summed E-state index contributed by atoms with van der Waals surface area (Å²) in [6.07, 6.45) is 0.871. The van der Waals surface area contributed by atoms with Crippen molar-refractivity contribution in [2.75, 3.05) is 64.3 Å². The zero-order chi connectivity index (χ0) is 25.2. The minimum atomic E-state index is -3.85. The number of benzene rings is 2. The van der Waals surface area contributed by atoms with Gasteiger partial charge >= 0.3 is 0 Å². The molecule has 4 rings (SSSR count). The van der Waals surface area contributed by atoms with Gasteiger partial charge in [-0.1, -0.05) is 18.2 Å². The molecule has 0 saturated carbocycles. The highest BCUT2D eigenvalue weighted by Crippen LogP contribution is 2.41. The number of nitrogens with zero attached hydrogens (tertiary/aromatic N) is 3. The Morgan fingerprint density at radius 3 is 2.49 bits per heavy atom. The predicted molar refractivity (Wildman–Crippen MR) is 138 cm³/mol. The number of nitrogens with one attached hydrogen (secondary N) is 1. The SMILES string of the molecule is COc1ccc(S(=O)(=O)N2C[C@@H](C(=O)NCCCN3CCN(C)CC3)c3ccccc32)c(C)c1C. The fourth-order valence-corrected chi connectivity index (χ4v) is 6.71. The summed E-state index contributed by atoms with van der Waals surface area (Å²) in [4.78, 5) is 18.1. The second-order valence-corrected chi connectivity index (χ2v) is 11.3. The summed E-state index contributed by atoms with van der Waals surface area (Å²) in [5.41, 5.74) is 2.75. The molecule has 9 heteroatoms. The number of piperazine rings is 1. The van der Waals surface area contributed by atoms with Crippen LogP contribution in [-0.4, -0.2) is 84.1 Å². The third-order valence-corrected chi connectivity index (χ3v) is 9.19. The largest absolute Gasteiger partial charge is 0.496 e. The highest BCUT2D eigenvalue weighted by atomic mass is 32.2. The van der Waals surface area contributed by atoms with Gasteiger partial charge in [0.05, 0.1) is 30.2 Å². The normalized spacial score (nSPS) is 19.0. The van der Waals surface area contributed by atoms with Gasteiger partial charge in [0.15, 0.2) is 0 Å². The first kappa shape index (κ1) is 25.5. The van der Waals surface area contributed by atoms with Crippen LogP contribution in [0.25, 0.3) is 0 Å². The Bertz CT molecular complexity index is 1180. The van der Waals surface area contributed by atoms with Crippen LogP contribution in [0.4, 0.5) is 5.69 Å². The van der Waals surface area contributed by atoms with Crippen molar-refractivity contribution in [3.8, 4) is 5.75 Å². The summed E-state index contributed by atoms with van der Waals surface area (Å²) in [5, 5.41) is 3.05. The minimum Gasteiger partial charge on any atom is -0.496 e. The quantitative estimate of drug-likeness (QED) is 0.561. The number of amides is 1. The molecule has 2 aromatic carbocycles. The number of methoxy groups -OCH3 is 1. The van der Waals surface area contributed by atoms with Gasteiger partial charge in [0.2, 0.25) is 5.91 Å². The third kappa shape index (κ3) is 5.17. The van der Waals surface area contributed by atoms with E-state index < -0.39 is 15.9 Å². The van der Waals surface area contributed by atoms with Crippen LogP contribution in [0.2, 0.25) is 0 Å². The van der Waals surface area contributed by atoms with Gasteiger partial charge in [0.25, 0.3) is 10.0 Å². The number of carbonyl (C=O) groups is 1. The van der Waals surface area contributed by atoms with Crippen molar-refractivity contribution in [3.05, 3.63) is 53.1 Å². The first-order valence-electron chi connectivity index (χ1n) is 12.2. The zero-order valence-corrected chi connectivity index (χ0v) is 21.9. The average molecular weight is 501 g/mol. The summed E-state index contributed by atoms with van der Waals surface area (Å²) >= 11 is 0. The first-order valence-corrected chi connectivity index (χ1v) is 13.6. The second-order valence-electron chi connectivity index (χ2n) is 9.45. The molecule has 1 saturated heterocycles. The molecule has 1 amide bonds. The van der Waals surface area contributed by atoms with E-state index in [0.717, 1.165) is 50.3 Å². The lowest BCUT2D eigenvalue weighted by Crippen LogP contribution is -2.45. The van der Waals surface area contributed by atoms with Crippen molar-refractivity contribution in [3.63, 3.8) is 0 Å². The van der Waals surface area contributed by atoms with Crippen molar-refractivity contribution < 1.29 is 17.9 Å². The molecule has 0 aliphatic carbocycles. The second kappa shape index (κ2) is 10.6. The maximum absolute atomic E-state index is 13.7. The van der Waals surface area contributed by atoms with Crippen LogP contribution in [-0.2, 0) is 14.8 Å². The van der Waals surface area contributed by atoms with Crippen molar-refractivity contribution in [1.29, 1.82) is 0 Å². The monoisotopic (exact) mass is 500 g/mol. The Balaban J connectivity index is 1.46. The van der Waals surface area contributed by atoms with E-state index in [9.17, 15) is 13.2 Å². The fourth-order valence-electron chi connectivity index (χ4n) is 4.92. The third-order valence-electron chi connectivity index (χ3n) is 7.27. The number of hydrogen-bond donors (Lipinski definition) is 1. The molecule has 2 aliphatic rings. The predicted octanol–water partition coefficient (Wildman–Crippen LogP) is 2.36. The Hall–Kier alpha value is -2.62. The number of anilines is 1. The number of rotatable bonds is 8. The van der Waals surface area contributed by atoms with E-state index in [1.54, 1.807) is 32.2 Å². The smallest absolute Gasteiger partial charge is 0.264 e. The van der Waals surface area contributed by atoms with Crippen LogP contribution < -0.4 is 14.4 Å². The Labute approximate surface area is 208 Å². The topological polar surface area (TPSA) is 82.2 Å². The highest BCUT2D eigenvalue weighted by molar-refractivity contribution is 7.93. The lowest BCUT2D eigenvalue weighted by atomic mass is 10.0. The maximum atomic E-state index is 13.7. The molecule has 0 aromatic heterocycles. The van der Waals surface area contributed by atoms with Crippen LogP contribution in [0.15, 0.2) is 41.3 Å². The molecule has 190 valence electrons. The number of para-hydroxylation sites is 1. The van der Waals surface area contributed by atoms with Crippen LogP contribution in [0.3, 0.4) is 0 Å². The van der Waals surface area contributed by atoms with E-state index in [4.69, 9.17) is 4.74 Å². The number of sulfonamides is 1. The molecule has 2 heterocycles. The summed E-state index contributed by atoms with van der Waals surface area (Å²) in [6, 6.07) is 10.6. The Morgan fingerprint density at radius 2 is 1.77 bits per heavy atom. The summed E-state index contributed by atoms with van der Waals surface area (Å²) in [5.74, 6) is -0.0162. The van der Waals surface area contributed by atoms with E-state index in [-0.39, 0.29) is 17.3 Å². The molecule has 0 spiro atoms. The minimum absolute atomic E-state index is 0.0937. The molecule has 0 bridgehead atoms. The molecule has 1 atom stereocenters. The van der Waals surface area contributed by atoms with E-state index in [0.29, 0.717) is 23.5 Å². The van der Waals surface area contributed by atoms with Gasteiger partial charge in [-0.25, -0.2) is 8.42 Å². The number of likely N-dealkylation sites (N-methyl/N-ethyl adjacent to an activating group) is 1. The molecule has 35 heavy (non-hydrogen) atoms. The van der Waals surface area contributed by atoms with Gasteiger partial charge in [-0.2, -0.15) is 0 Å². The first-order chi connectivity index (χ1) is 16.7. The van der Waals surface area contributed by atoms with Gasteiger partial charge in [0, 0.05) is 32.7 Å². The Morgan fingerprint density at radius 1 is 1.06 bits per heavy atom. The standard InChI is InChI=1S/C26H36N4O4S/c1-19-20(2)25(11-10-24(19)34-4)35(32,33)30-18-22(21-8-5-6-9-23(21)30)26(31)27-12-7-13-29-16-14-28(3)15-17-29/h5-6,8-11,22H,7,12-18H2,1-4H3,(H,27,31)/t22-/m1/s1. The lowest BCUT2D eigenvalue weighted by Gasteiger charge is -2.32. The van der Waals surface area contributed by atoms with Gasteiger partial charge in [-0.15, -0.1) is 0 Å². The lowest BCUT2D eigenvalue weighted by molar-refractivity contribution is -0.122. The van der Waals surface area contributed by atoms with Crippen molar-refractivity contribution in [2.24, 2.45) is 0 Å². The van der Waals surface area contributed by atoms with E-state index in [1.807, 2.05) is 25.1 Å². The van der Waals surface area contributed by atoms with Crippen molar-refractivity contribution >= 4 is 21.6 Å². The number of fused-ring (bicyclic) bond motifs is 1. The maximum Gasteiger partial charge on any atom is 0.264 e. The average Bonchev–Trinajstić information content (AvgIpc) is 3.25. The molecule has 0 radical (unpaired) electrons. The van der Waals surface area contributed by atoms with E-state index >= 15 is 0 Å². The van der Waals surface area contributed by atoms with Crippen LogP contribution >= 0.6 is 0 Å². The van der Waals surface area contributed by atoms with Crippen LogP contribution in [0, 0.1) is 13.8 Å². The van der Waals surface area contributed by atoms with Gasteiger partial charge in [-0.05, 0) is 68.8 Å². The zero-order valence-electron chi connectivity index (χ0n) is 21.1. The summed E-state index contributed by atoms with van der Waals surface area (Å²) in [7, 11) is -0.147. The molecule has 0 unspecified atom stereocenters. The number of hydrogen-bond acceptors (Lipinski definition) is 6. The van der Waals surface area contributed by atoms with E-state index in [2.05, 4.69) is 22.2 Å². The van der Waals surface area contributed by atoms with Crippen LogP contribution in [0.5, 0.6) is 5.75 Å². The fraction of sp³-hybridized carbons (Fsp3) is 0.500. The van der Waals surface area contributed by atoms with Gasteiger partial charge < -0.3 is 19.9 Å². The van der Waals surface area contributed by atoms with Gasteiger partial charge in [-0.3, -0.25) is 9.10 Å². The number of carbonyl (C=O) groups excluding carboxylic acids is 1. The van der Waals surface area contributed by atoms with E-state index in [1.165, 1.54) is 4.31 Å². The van der Waals surface area contributed by atoms with Crippen molar-refractivity contribution in [1.82, 2.24) is 15.1 Å². The molecular weight excluding hydrogens is 464 g/mol. The molecule has 1 fully saturated rings. The molecule has 2 aromatic rings. The van der Waals surface area contributed by atoms with Crippen molar-refractivity contribution in [2.45, 2.75) is 31.1 Å².